The van der Waals surface area contributed by atoms with E-state index in [0.29, 0.717) is 48.5 Å². The van der Waals surface area contributed by atoms with Crippen LogP contribution in [0.2, 0.25) is 5.02 Å². The van der Waals surface area contributed by atoms with Crippen LogP contribution in [0, 0.1) is 47.3 Å². The fourth-order valence-electron chi connectivity index (χ4n) is 15.2. The Morgan fingerprint density at radius 3 is 1.56 bits per heavy atom. The number of halogens is 1. The summed E-state index contributed by atoms with van der Waals surface area (Å²) in [6, 6.07) is -0.760. The number of aliphatic hydroxyl groups is 2. The first kappa shape index (κ1) is 102. The Kier molecular flexibility index (Phi) is 42.2. The summed E-state index contributed by atoms with van der Waals surface area (Å²) in [7, 11) is 8.44. The summed E-state index contributed by atoms with van der Waals surface area (Å²) >= 11 is 6.48. The summed E-state index contributed by atoms with van der Waals surface area (Å²) in [5.41, 5.74) is 1.10. The van der Waals surface area contributed by atoms with Crippen molar-refractivity contribution in [2.24, 2.45) is 47.3 Å². The highest BCUT2D eigenvalue weighted by Crippen LogP contribution is 2.27. The summed E-state index contributed by atoms with van der Waals surface area (Å²) in [6.07, 6.45) is 0.405. The van der Waals surface area contributed by atoms with Gasteiger partial charge in [-0.05, 0) is 122 Å². The molecule has 2 fully saturated rings. The van der Waals surface area contributed by atoms with Gasteiger partial charge in [0.05, 0.1) is 18.6 Å². The number of hydrogen-bond donors (Lipinski definition) is 9. The quantitative estimate of drug-likeness (QED) is 0.0391. The van der Waals surface area contributed by atoms with E-state index in [-0.39, 0.29) is 87.0 Å². The zero-order valence-electron chi connectivity index (χ0n) is 74.8. The van der Waals surface area contributed by atoms with E-state index >= 15 is 38.4 Å². The van der Waals surface area contributed by atoms with Gasteiger partial charge in [0, 0.05) is 86.2 Å². The molecular formula is C88H145ClN14O15. The first-order chi connectivity index (χ1) is 55.3. The number of likely N-dealkylation sites (N-methyl/N-ethyl adjacent to an activating group) is 5. The van der Waals surface area contributed by atoms with E-state index in [1.165, 1.54) is 73.7 Å². The van der Waals surface area contributed by atoms with Crippen molar-refractivity contribution in [1.29, 1.82) is 0 Å². The maximum Gasteiger partial charge on any atom is 0.246 e. The van der Waals surface area contributed by atoms with Crippen molar-refractivity contribution < 1.29 is 72.5 Å². The van der Waals surface area contributed by atoms with Crippen molar-refractivity contribution in [2.75, 3.05) is 61.9 Å². The molecule has 4 rings (SSSR count). The maximum absolute atomic E-state index is 16.1. The van der Waals surface area contributed by atoms with E-state index in [0.717, 1.165) is 24.2 Å². The van der Waals surface area contributed by atoms with Crippen LogP contribution in [-0.2, 0) is 75.2 Å². The lowest BCUT2D eigenvalue weighted by molar-refractivity contribution is -0.151. The SMILES string of the molecule is CC[C@H](C)[C@H](NC(=O)[C@H](Cc1ccccc1)N(C)C(=O)[C@@H]1CC(=O)N(C)CCC(=O)N(C)[C@@H](Cc2cccc(Cl)c2)C(=O)N[C@@H](CC(C)C)C(=O)N[C@@H]([C@@H](C)O)C(=O)N[C@@H](CC(C)C)C(=O)N[C@@H]([C@@H](C)CC)C(=O)N(C)[C@@H](CC(C)C)C(=O)N(C)[C@@H](CC(C)C)C(=O)N1)C(=O)N(C)[C@@H](CC(C)C)C(=O)N[C@H](C(O)N1CCCCC1)[C@@H](C)CC. The molecule has 17 atom stereocenters. The van der Waals surface area contributed by atoms with Crippen LogP contribution in [0.4, 0.5) is 0 Å². The highest BCUT2D eigenvalue weighted by Gasteiger charge is 2.45. The number of carbonyl (C=O) groups is 13. The van der Waals surface area contributed by atoms with Crippen molar-refractivity contribution in [3.63, 3.8) is 0 Å². The van der Waals surface area contributed by atoms with Crippen LogP contribution in [0.25, 0.3) is 0 Å². The van der Waals surface area contributed by atoms with Gasteiger partial charge in [0.1, 0.15) is 72.7 Å². The Bertz CT molecular complexity index is 3640. The topological polar surface area (TPSA) is 369 Å². The predicted molar refractivity (Wildman–Crippen MR) is 457 cm³/mol. The number of benzene rings is 2. The number of carbonyl (C=O) groups excluding carboxylic acids is 13. The van der Waals surface area contributed by atoms with Gasteiger partial charge in [0.25, 0.3) is 0 Å². The molecule has 664 valence electrons. The van der Waals surface area contributed by atoms with Crippen LogP contribution in [0.3, 0.4) is 0 Å². The number of nitrogens with zero attached hydrogens (tertiary/aromatic N) is 7. The van der Waals surface area contributed by atoms with Gasteiger partial charge in [-0.2, -0.15) is 0 Å². The number of hydrogen-bond acceptors (Lipinski definition) is 16. The van der Waals surface area contributed by atoms with Gasteiger partial charge in [0.2, 0.25) is 76.8 Å². The second-order valence-corrected chi connectivity index (χ2v) is 35.8. The van der Waals surface area contributed by atoms with Crippen molar-refractivity contribution in [2.45, 2.75) is 299 Å². The summed E-state index contributed by atoms with van der Waals surface area (Å²) in [4.78, 5) is 207. The van der Waals surface area contributed by atoms with E-state index in [1.54, 1.807) is 82.3 Å². The second-order valence-electron chi connectivity index (χ2n) is 35.4. The zero-order valence-corrected chi connectivity index (χ0v) is 75.6. The van der Waals surface area contributed by atoms with Gasteiger partial charge in [-0.25, -0.2) is 0 Å². The van der Waals surface area contributed by atoms with Crippen LogP contribution < -0.4 is 37.2 Å². The van der Waals surface area contributed by atoms with Gasteiger partial charge in [0.15, 0.2) is 0 Å². The van der Waals surface area contributed by atoms with E-state index < -0.39 is 186 Å². The lowest BCUT2D eigenvalue weighted by atomic mass is 9.93. The monoisotopic (exact) mass is 1670 g/mol. The number of nitrogens with one attached hydrogen (secondary N) is 7. The molecule has 2 heterocycles. The number of amides is 13. The lowest BCUT2D eigenvalue weighted by Gasteiger charge is -2.40. The second kappa shape index (κ2) is 48.8. The zero-order chi connectivity index (χ0) is 89.0. The summed E-state index contributed by atoms with van der Waals surface area (Å²) < 4.78 is 0. The number of rotatable bonds is 31. The standard InChI is InChI=1S/C88H145ClN14O15/c1-24-56(14)73-87(117)102(23)70(46-55(12)13)85(115)100(21)66(44-53(8)9)79(109)92-65(84(114)99(20)69(48-60-34-29-27-30-35-60)82(112)94-74(57(15)25-2)86(116)101(22)67(45-54(10)11)81(111)95-75(58(16)26-3)88(118)103-39-31-28-32-40-103)50-72(106)97(18)41-38-71(105)98(19)68(49-61-36-33-37-62(89)47-61)80(110)90-63(42-51(4)5)78(108)96-76(59(17)104)83(113)91-64(43-52(6)7)77(107)93-73/h27,29-30,33-37,47,51-59,63-70,73-76,88,104,118H,24-26,28,31-32,38-46,48-50H2,1-23H3,(H,90,110)(H,91,113)(H,92,109)(H,93,107)(H,94,112)(H,95,111)(H,96,108)/t56-,57-,58-,59+,63-,64-,65-,66-,67-,68-,69-,70-,73-,74-,75-,76-,88?/m0/s1. The third-order valence-electron chi connectivity index (χ3n) is 23.3. The van der Waals surface area contributed by atoms with Crippen LogP contribution >= 0.6 is 11.6 Å². The maximum atomic E-state index is 16.1. The first-order valence-electron chi connectivity index (χ1n) is 42.9. The normalized spacial score (nSPS) is 23.3. The summed E-state index contributed by atoms with van der Waals surface area (Å²) in [5.74, 6) is -12.4. The molecule has 2 saturated heterocycles. The Morgan fingerprint density at radius 1 is 0.517 bits per heavy atom. The van der Waals surface area contributed by atoms with Gasteiger partial charge in [-0.3, -0.25) is 67.2 Å². The molecule has 0 aliphatic carbocycles. The van der Waals surface area contributed by atoms with Gasteiger partial charge in [-0.1, -0.05) is 191 Å². The number of likely N-dealkylation sites (tertiary alicyclic amines) is 1. The van der Waals surface area contributed by atoms with Crippen molar-refractivity contribution in [3.05, 3.63) is 70.7 Å². The largest absolute Gasteiger partial charge is 0.391 e. The van der Waals surface area contributed by atoms with E-state index in [4.69, 9.17) is 11.6 Å². The third-order valence-corrected chi connectivity index (χ3v) is 23.6. The van der Waals surface area contributed by atoms with Gasteiger partial charge < -0.3 is 76.8 Å². The molecule has 2 aliphatic heterocycles. The fraction of sp³-hybridized carbons (Fsp3) is 0.716. The highest BCUT2D eigenvalue weighted by molar-refractivity contribution is 6.30. The van der Waals surface area contributed by atoms with Gasteiger partial charge in [-0.15, -0.1) is 0 Å². The Morgan fingerprint density at radius 2 is 1.03 bits per heavy atom. The summed E-state index contributed by atoms with van der Waals surface area (Å²) in [5, 5.41) is 43.5. The molecular weight excluding hydrogens is 1530 g/mol. The molecule has 1 unspecified atom stereocenters. The van der Waals surface area contributed by atoms with E-state index in [1.807, 2.05) is 88.0 Å². The number of aliphatic hydroxyl groups excluding tert-OH is 2. The molecule has 2 aromatic carbocycles. The molecule has 9 N–H and O–H groups in total. The van der Waals surface area contributed by atoms with Gasteiger partial charge >= 0.3 is 0 Å². The number of piperidine rings is 1. The van der Waals surface area contributed by atoms with Crippen molar-refractivity contribution in [1.82, 2.24) is 71.5 Å². The lowest BCUT2D eigenvalue weighted by Crippen LogP contribution is -2.63. The van der Waals surface area contributed by atoms with Crippen molar-refractivity contribution >= 4 is 88.4 Å². The molecule has 0 radical (unpaired) electrons. The third kappa shape index (κ3) is 30.5. The molecule has 13 amide bonds. The minimum absolute atomic E-state index is 0.00230. The van der Waals surface area contributed by atoms with E-state index in [9.17, 15) is 34.2 Å². The molecule has 0 saturated carbocycles. The van der Waals surface area contributed by atoms with Crippen LogP contribution in [0.5, 0.6) is 0 Å². The highest BCUT2D eigenvalue weighted by atomic mass is 35.5. The van der Waals surface area contributed by atoms with Crippen molar-refractivity contribution in [3.8, 4) is 0 Å². The molecule has 29 nitrogen and oxygen atoms in total. The minimum Gasteiger partial charge on any atom is -0.391 e. The molecule has 2 aliphatic rings. The fourth-order valence-corrected chi connectivity index (χ4v) is 15.4. The molecule has 30 heteroatoms. The summed E-state index contributed by atoms with van der Waals surface area (Å²) in [6.45, 7) is 31.8. The Balaban J connectivity index is 1.99. The molecule has 0 aromatic heterocycles. The van der Waals surface area contributed by atoms with Crippen LogP contribution in [0.1, 0.15) is 212 Å². The minimum atomic E-state index is -1.83. The molecule has 0 spiro atoms. The molecule has 0 bridgehead atoms. The average Bonchev–Trinajstić information content (AvgIpc) is 0.818. The smallest absolute Gasteiger partial charge is 0.246 e. The predicted octanol–water partition coefficient (Wildman–Crippen LogP) is 6.46. The van der Waals surface area contributed by atoms with E-state index in [2.05, 4.69) is 37.2 Å². The van der Waals surface area contributed by atoms with Crippen LogP contribution in [0.15, 0.2) is 54.6 Å². The Hall–Kier alpha value is -8.28. The first-order valence-corrected chi connectivity index (χ1v) is 43.3. The molecule has 2 aromatic rings. The Labute approximate surface area is 707 Å². The van der Waals surface area contributed by atoms with Crippen LogP contribution in [-0.4, -0.2) is 268 Å². The molecule has 118 heavy (non-hydrogen) atoms. The average molecular weight is 1670 g/mol.